The summed E-state index contributed by atoms with van der Waals surface area (Å²) in [5.41, 5.74) is 3.40. The fourth-order valence-corrected chi connectivity index (χ4v) is 4.10. The van der Waals surface area contributed by atoms with Gasteiger partial charge in [-0.3, -0.25) is 14.7 Å². The van der Waals surface area contributed by atoms with Crippen LogP contribution in [0, 0.1) is 0 Å². The quantitative estimate of drug-likeness (QED) is 0.395. The summed E-state index contributed by atoms with van der Waals surface area (Å²) in [6.07, 6.45) is 1.04. The highest BCUT2D eigenvalue weighted by atomic mass is 16.5. The zero-order valence-corrected chi connectivity index (χ0v) is 20.5. The Morgan fingerprint density at radius 1 is 1.06 bits per heavy atom. The summed E-state index contributed by atoms with van der Waals surface area (Å²) in [5, 5.41) is 11.1. The Bertz CT molecular complexity index is 1330. The highest BCUT2D eigenvalue weighted by Gasteiger charge is 2.16. The summed E-state index contributed by atoms with van der Waals surface area (Å²) in [7, 11) is 5.39. The van der Waals surface area contributed by atoms with Gasteiger partial charge in [-0.2, -0.15) is 0 Å². The van der Waals surface area contributed by atoms with Crippen molar-refractivity contribution in [2.75, 3.05) is 27.3 Å². The van der Waals surface area contributed by atoms with Crippen LogP contribution in [0.1, 0.15) is 18.5 Å². The van der Waals surface area contributed by atoms with Crippen LogP contribution in [0.3, 0.4) is 0 Å². The van der Waals surface area contributed by atoms with Gasteiger partial charge in [0.15, 0.2) is 0 Å². The minimum atomic E-state index is -0.646. The molecule has 7 heteroatoms. The zero-order chi connectivity index (χ0) is 24.9. The van der Waals surface area contributed by atoms with Crippen molar-refractivity contribution in [1.82, 2.24) is 14.5 Å². The lowest BCUT2D eigenvalue weighted by Gasteiger charge is -2.27. The first-order valence-electron chi connectivity index (χ1n) is 11.6. The van der Waals surface area contributed by atoms with E-state index in [2.05, 4.69) is 16.8 Å². The number of aliphatic hydroxyl groups excluding tert-OH is 1. The van der Waals surface area contributed by atoms with Gasteiger partial charge in [0.1, 0.15) is 24.2 Å². The smallest absolute Gasteiger partial charge is 0.260 e. The first-order chi connectivity index (χ1) is 16.9. The fraction of sp³-hybridized carbons (Fsp3) is 0.286. The van der Waals surface area contributed by atoms with Crippen molar-refractivity contribution >= 4 is 10.9 Å². The lowest BCUT2D eigenvalue weighted by Crippen LogP contribution is -2.34. The van der Waals surface area contributed by atoms with E-state index in [1.54, 1.807) is 37.1 Å². The minimum absolute atomic E-state index is 0.0814. The van der Waals surface area contributed by atoms with Gasteiger partial charge in [0.05, 0.1) is 23.7 Å². The van der Waals surface area contributed by atoms with E-state index in [1.165, 1.54) is 0 Å². The summed E-state index contributed by atoms with van der Waals surface area (Å²) >= 11 is 0. The van der Waals surface area contributed by atoms with Crippen molar-refractivity contribution in [3.05, 3.63) is 88.8 Å². The molecule has 1 N–H and O–H groups in total. The molecule has 4 rings (SSSR count). The number of benzene rings is 2. The Kier molecular flexibility index (Phi) is 7.48. The lowest BCUT2D eigenvalue weighted by molar-refractivity contribution is 0.0654. The third kappa shape index (κ3) is 5.53. The number of methoxy groups -OCH3 is 1. The molecule has 0 aliphatic rings. The molecule has 0 fully saturated rings. The van der Waals surface area contributed by atoms with Gasteiger partial charge >= 0.3 is 0 Å². The number of nitrogens with zero attached hydrogens (tertiary/aromatic N) is 3. The number of rotatable bonds is 9. The number of aromatic nitrogens is 2. The molecule has 2 aromatic heterocycles. The van der Waals surface area contributed by atoms with Crippen LogP contribution in [0.25, 0.3) is 22.2 Å². The summed E-state index contributed by atoms with van der Waals surface area (Å²) in [4.78, 5) is 19.1. The molecule has 0 aliphatic heterocycles. The average Bonchev–Trinajstić information content (AvgIpc) is 2.89. The summed E-state index contributed by atoms with van der Waals surface area (Å²) < 4.78 is 12.7. The second-order valence-electron chi connectivity index (χ2n) is 8.71. The van der Waals surface area contributed by atoms with E-state index >= 15 is 0 Å². The van der Waals surface area contributed by atoms with Gasteiger partial charge in [0.2, 0.25) is 0 Å². The summed E-state index contributed by atoms with van der Waals surface area (Å²) in [5.74, 6) is 1.48. The molecule has 0 aliphatic carbocycles. The Morgan fingerprint density at radius 2 is 1.74 bits per heavy atom. The van der Waals surface area contributed by atoms with E-state index in [0.29, 0.717) is 23.2 Å². The van der Waals surface area contributed by atoms with Crippen molar-refractivity contribution in [3.63, 3.8) is 0 Å². The Balaban J connectivity index is 1.36. The maximum absolute atomic E-state index is 12.7. The second kappa shape index (κ2) is 10.7. The van der Waals surface area contributed by atoms with E-state index < -0.39 is 6.10 Å². The van der Waals surface area contributed by atoms with Gasteiger partial charge in [-0.25, -0.2) is 0 Å². The number of hydrogen-bond acceptors (Lipinski definition) is 6. The van der Waals surface area contributed by atoms with Gasteiger partial charge in [-0.15, -0.1) is 0 Å². The molecule has 2 unspecified atom stereocenters. The van der Waals surface area contributed by atoms with Crippen LogP contribution in [0.15, 0.2) is 77.7 Å². The molecular formula is C28H31N3O4. The molecule has 0 saturated carbocycles. The minimum Gasteiger partial charge on any atom is -0.497 e. The molecule has 182 valence electrons. The highest BCUT2D eigenvalue weighted by Crippen LogP contribution is 2.24. The first-order valence-corrected chi connectivity index (χ1v) is 11.6. The molecule has 35 heavy (non-hydrogen) atoms. The molecule has 0 amide bonds. The van der Waals surface area contributed by atoms with E-state index in [4.69, 9.17) is 9.47 Å². The Labute approximate surface area is 205 Å². The number of aliphatic hydroxyl groups is 1. The van der Waals surface area contributed by atoms with Crippen molar-refractivity contribution in [1.29, 1.82) is 0 Å². The second-order valence-corrected chi connectivity index (χ2v) is 8.71. The maximum atomic E-state index is 12.7. The molecule has 0 bridgehead atoms. The molecule has 7 nitrogen and oxygen atoms in total. The predicted molar refractivity (Wildman–Crippen MR) is 138 cm³/mol. The van der Waals surface area contributed by atoms with Crippen molar-refractivity contribution in [2.24, 2.45) is 7.05 Å². The fourth-order valence-electron chi connectivity index (χ4n) is 4.10. The molecule has 2 aromatic carbocycles. The van der Waals surface area contributed by atoms with Crippen LogP contribution in [-0.4, -0.2) is 53.0 Å². The molecule has 0 radical (unpaired) electrons. The standard InChI is InChI=1S/C28H31N3O4/c1-19(20-7-11-23(34-4)12-8-20)30(2)17-22(32)18-35-24-13-9-21(10-14-24)27-16-26-25(6-5-15-29-26)28(33)31(27)3/h5-16,19,22,32H,17-18H2,1-4H3. The third-order valence-corrected chi connectivity index (χ3v) is 6.36. The topological polar surface area (TPSA) is 76.8 Å². The van der Waals surface area contributed by atoms with E-state index in [0.717, 1.165) is 22.6 Å². The largest absolute Gasteiger partial charge is 0.497 e. The molecule has 4 aromatic rings. The van der Waals surface area contributed by atoms with Crippen LogP contribution in [-0.2, 0) is 7.05 Å². The summed E-state index contributed by atoms with van der Waals surface area (Å²) in [6, 6.07) is 21.0. The van der Waals surface area contributed by atoms with Gasteiger partial charge in [-0.05, 0) is 79.7 Å². The molecule has 2 atom stereocenters. The van der Waals surface area contributed by atoms with Crippen LogP contribution in [0.2, 0.25) is 0 Å². The van der Waals surface area contributed by atoms with Gasteiger partial charge in [0.25, 0.3) is 5.56 Å². The van der Waals surface area contributed by atoms with Crippen LogP contribution in [0.5, 0.6) is 11.5 Å². The Hall–Kier alpha value is -3.68. The maximum Gasteiger partial charge on any atom is 0.260 e. The van der Waals surface area contributed by atoms with Gasteiger partial charge in [0, 0.05) is 25.8 Å². The van der Waals surface area contributed by atoms with Gasteiger partial charge in [-0.1, -0.05) is 12.1 Å². The third-order valence-electron chi connectivity index (χ3n) is 6.36. The predicted octanol–water partition coefficient (Wildman–Crippen LogP) is 4.04. The number of fused-ring (bicyclic) bond motifs is 1. The number of pyridine rings is 2. The van der Waals surface area contributed by atoms with E-state index in [1.807, 2.05) is 61.6 Å². The number of hydrogen-bond donors (Lipinski definition) is 1. The number of ether oxygens (including phenoxy) is 2. The van der Waals surface area contributed by atoms with Crippen molar-refractivity contribution in [3.8, 4) is 22.8 Å². The monoisotopic (exact) mass is 473 g/mol. The van der Waals surface area contributed by atoms with E-state index in [-0.39, 0.29) is 18.2 Å². The number of likely N-dealkylation sites (N-methyl/N-ethyl adjacent to an activating group) is 1. The zero-order valence-electron chi connectivity index (χ0n) is 20.5. The van der Waals surface area contributed by atoms with Crippen LogP contribution >= 0.6 is 0 Å². The molecule has 0 spiro atoms. The van der Waals surface area contributed by atoms with Crippen LogP contribution in [0.4, 0.5) is 0 Å². The highest BCUT2D eigenvalue weighted by molar-refractivity contribution is 5.81. The van der Waals surface area contributed by atoms with Crippen molar-refractivity contribution in [2.45, 2.75) is 19.1 Å². The van der Waals surface area contributed by atoms with E-state index in [9.17, 15) is 9.90 Å². The summed E-state index contributed by atoms with van der Waals surface area (Å²) in [6.45, 7) is 2.75. The van der Waals surface area contributed by atoms with Crippen LogP contribution < -0.4 is 15.0 Å². The lowest BCUT2D eigenvalue weighted by atomic mass is 10.1. The first kappa shape index (κ1) is 24.4. The molecule has 0 saturated heterocycles. The SMILES string of the molecule is COc1ccc(C(C)N(C)CC(O)COc2ccc(-c3cc4ncccc4c(=O)n3C)cc2)cc1. The normalized spacial score (nSPS) is 13.1. The Morgan fingerprint density at radius 3 is 2.43 bits per heavy atom. The average molecular weight is 474 g/mol. The molecule has 2 heterocycles. The molecular weight excluding hydrogens is 442 g/mol. The van der Waals surface area contributed by atoms with Gasteiger partial charge < -0.3 is 19.1 Å². The van der Waals surface area contributed by atoms with Crippen molar-refractivity contribution < 1.29 is 14.6 Å².